The van der Waals surface area contributed by atoms with E-state index < -0.39 is 0 Å². The average Bonchev–Trinajstić information content (AvgIpc) is 2.74. The van der Waals surface area contributed by atoms with E-state index in [2.05, 4.69) is 32.3 Å². The molecule has 0 aliphatic rings. The standard InChI is InChI=1S/C14H16BrFN2S/c1-9(17)13-6-11(16)3-4-14(13)18(2)7-12-5-10(15)8-19-12/h3-6,8-9H,7,17H2,1-2H3/t9-/m0/s1. The van der Waals surface area contributed by atoms with Crippen molar-refractivity contribution in [3.63, 3.8) is 0 Å². The van der Waals surface area contributed by atoms with Crippen LogP contribution in [0.4, 0.5) is 10.1 Å². The third-order valence-electron chi connectivity index (χ3n) is 2.91. The van der Waals surface area contributed by atoms with Crippen molar-refractivity contribution < 1.29 is 4.39 Å². The lowest BCUT2D eigenvalue weighted by atomic mass is 10.1. The Morgan fingerprint density at radius 1 is 1.42 bits per heavy atom. The van der Waals surface area contributed by atoms with Gasteiger partial charge in [-0.2, -0.15) is 0 Å². The molecule has 1 heterocycles. The van der Waals surface area contributed by atoms with Crippen LogP contribution in [0.5, 0.6) is 0 Å². The van der Waals surface area contributed by atoms with E-state index in [-0.39, 0.29) is 11.9 Å². The van der Waals surface area contributed by atoms with Crippen molar-refractivity contribution in [1.82, 2.24) is 0 Å². The largest absolute Gasteiger partial charge is 0.369 e. The Bertz CT molecular complexity index is 568. The highest BCUT2D eigenvalue weighted by Gasteiger charge is 2.13. The van der Waals surface area contributed by atoms with Crippen molar-refractivity contribution in [2.75, 3.05) is 11.9 Å². The van der Waals surface area contributed by atoms with Crippen LogP contribution in [0.15, 0.2) is 34.1 Å². The van der Waals surface area contributed by atoms with E-state index in [0.29, 0.717) is 0 Å². The fourth-order valence-electron chi connectivity index (χ4n) is 1.99. The highest BCUT2D eigenvalue weighted by atomic mass is 79.9. The van der Waals surface area contributed by atoms with E-state index in [4.69, 9.17) is 5.73 Å². The molecule has 1 aromatic carbocycles. The molecule has 102 valence electrons. The maximum absolute atomic E-state index is 13.3. The number of hydrogen-bond donors (Lipinski definition) is 1. The van der Waals surface area contributed by atoms with E-state index in [1.807, 2.05) is 14.0 Å². The van der Waals surface area contributed by atoms with Gasteiger partial charge in [0.2, 0.25) is 0 Å². The first-order valence-electron chi connectivity index (χ1n) is 5.96. The molecule has 1 atom stereocenters. The van der Waals surface area contributed by atoms with Crippen molar-refractivity contribution in [3.8, 4) is 0 Å². The number of nitrogens with two attached hydrogens (primary N) is 1. The van der Waals surface area contributed by atoms with E-state index in [0.717, 1.165) is 22.3 Å². The van der Waals surface area contributed by atoms with Gasteiger partial charge in [-0.3, -0.25) is 0 Å². The van der Waals surface area contributed by atoms with Crippen molar-refractivity contribution in [1.29, 1.82) is 0 Å². The zero-order chi connectivity index (χ0) is 14.0. The van der Waals surface area contributed by atoms with Crippen LogP contribution in [-0.2, 0) is 6.54 Å². The normalized spacial score (nSPS) is 12.5. The molecule has 0 saturated heterocycles. The average molecular weight is 343 g/mol. The Kier molecular flexibility index (Phi) is 4.60. The lowest BCUT2D eigenvalue weighted by Gasteiger charge is -2.23. The van der Waals surface area contributed by atoms with E-state index in [9.17, 15) is 4.39 Å². The highest BCUT2D eigenvalue weighted by Crippen LogP contribution is 2.28. The summed E-state index contributed by atoms with van der Waals surface area (Å²) < 4.78 is 14.4. The second-order valence-corrected chi connectivity index (χ2v) is 6.49. The molecule has 0 amide bonds. The van der Waals surface area contributed by atoms with Gasteiger partial charge in [-0.25, -0.2) is 4.39 Å². The fraction of sp³-hybridized carbons (Fsp3) is 0.286. The van der Waals surface area contributed by atoms with E-state index in [1.54, 1.807) is 17.4 Å². The first-order valence-corrected chi connectivity index (χ1v) is 7.63. The van der Waals surface area contributed by atoms with Gasteiger partial charge in [-0.15, -0.1) is 11.3 Å². The molecule has 0 bridgehead atoms. The summed E-state index contributed by atoms with van der Waals surface area (Å²) in [4.78, 5) is 3.34. The number of anilines is 1. The Hall–Kier alpha value is -0.910. The molecule has 0 saturated carbocycles. The van der Waals surface area contributed by atoms with Crippen LogP contribution < -0.4 is 10.6 Å². The predicted molar refractivity (Wildman–Crippen MR) is 83.1 cm³/mol. The molecule has 19 heavy (non-hydrogen) atoms. The van der Waals surface area contributed by atoms with Crippen LogP contribution in [0.1, 0.15) is 23.4 Å². The van der Waals surface area contributed by atoms with Gasteiger partial charge in [0, 0.05) is 33.5 Å². The van der Waals surface area contributed by atoms with Gasteiger partial charge in [0.25, 0.3) is 0 Å². The predicted octanol–water partition coefficient (Wildman–Crippen LogP) is 4.31. The minimum atomic E-state index is -0.247. The van der Waals surface area contributed by atoms with Crippen LogP contribution in [0.2, 0.25) is 0 Å². The molecule has 0 fully saturated rings. The molecule has 2 nitrogen and oxygen atoms in total. The Morgan fingerprint density at radius 2 is 2.16 bits per heavy atom. The second-order valence-electron chi connectivity index (χ2n) is 4.58. The van der Waals surface area contributed by atoms with Crippen LogP contribution in [0.3, 0.4) is 0 Å². The maximum atomic E-state index is 13.3. The van der Waals surface area contributed by atoms with Crippen molar-refractivity contribution in [3.05, 3.63) is 50.4 Å². The first-order chi connectivity index (χ1) is 8.97. The van der Waals surface area contributed by atoms with Crippen molar-refractivity contribution in [2.45, 2.75) is 19.5 Å². The van der Waals surface area contributed by atoms with E-state index >= 15 is 0 Å². The molecule has 5 heteroatoms. The topological polar surface area (TPSA) is 29.3 Å². The summed E-state index contributed by atoms with van der Waals surface area (Å²) in [5, 5.41) is 2.06. The minimum absolute atomic E-state index is 0.191. The molecular formula is C14H16BrFN2S. The molecule has 0 radical (unpaired) electrons. The van der Waals surface area contributed by atoms with Gasteiger partial charge in [0.05, 0.1) is 6.54 Å². The number of halogens is 2. The van der Waals surface area contributed by atoms with Crippen molar-refractivity contribution >= 4 is 33.0 Å². The zero-order valence-corrected chi connectivity index (χ0v) is 13.3. The van der Waals surface area contributed by atoms with Crippen LogP contribution in [-0.4, -0.2) is 7.05 Å². The summed E-state index contributed by atoms with van der Waals surface area (Å²) >= 11 is 5.14. The summed E-state index contributed by atoms with van der Waals surface area (Å²) in [5.74, 6) is -0.247. The van der Waals surface area contributed by atoms with Crippen molar-refractivity contribution in [2.24, 2.45) is 5.73 Å². The van der Waals surface area contributed by atoms with Gasteiger partial charge in [-0.05, 0) is 52.7 Å². The molecule has 0 aliphatic heterocycles. The van der Waals surface area contributed by atoms with Gasteiger partial charge >= 0.3 is 0 Å². The summed E-state index contributed by atoms with van der Waals surface area (Å²) in [6.07, 6.45) is 0. The number of nitrogens with zero attached hydrogens (tertiary/aromatic N) is 1. The summed E-state index contributed by atoms with van der Waals surface area (Å²) in [6.45, 7) is 2.65. The number of benzene rings is 1. The van der Waals surface area contributed by atoms with Crippen LogP contribution in [0, 0.1) is 5.82 Å². The summed E-state index contributed by atoms with van der Waals surface area (Å²) in [7, 11) is 1.99. The molecule has 0 spiro atoms. The lowest BCUT2D eigenvalue weighted by molar-refractivity contribution is 0.622. The molecule has 2 N–H and O–H groups in total. The third kappa shape index (κ3) is 3.55. The third-order valence-corrected chi connectivity index (χ3v) is 4.59. The second kappa shape index (κ2) is 6.03. The fourth-order valence-corrected chi connectivity index (χ4v) is 3.50. The number of thiophene rings is 1. The lowest BCUT2D eigenvalue weighted by Crippen LogP contribution is -2.19. The quantitative estimate of drug-likeness (QED) is 0.897. The monoisotopic (exact) mass is 342 g/mol. The SMILES string of the molecule is C[C@H](N)c1cc(F)ccc1N(C)Cc1cc(Br)cs1. The Morgan fingerprint density at radius 3 is 2.74 bits per heavy atom. The van der Waals surface area contributed by atoms with Gasteiger partial charge in [-0.1, -0.05) is 0 Å². The molecule has 2 aromatic rings. The summed E-state index contributed by atoms with van der Waals surface area (Å²) in [6, 6.07) is 6.68. The number of hydrogen-bond acceptors (Lipinski definition) is 3. The molecular weight excluding hydrogens is 327 g/mol. The Balaban J connectivity index is 2.25. The molecule has 0 unspecified atom stereocenters. The molecule has 1 aromatic heterocycles. The molecule has 2 rings (SSSR count). The molecule has 0 aliphatic carbocycles. The maximum Gasteiger partial charge on any atom is 0.123 e. The zero-order valence-electron chi connectivity index (χ0n) is 10.9. The minimum Gasteiger partial charge on any atom is -0.369 e. The first kappa shape index (κ1) is 14.5. The highest BCUT2D eigenvalue weighted by molar-refractivity contribution is 9.10. The van der Waals surface area contributed by atoms with E-state index in [1.165, 1.54) is 17.0 Å². The number of rotatable bonds is 4. The smallest absolute Gasteiger partial charge is 0.123 e. The van der Waals surface area contributed by atoms with Crippen LogP contribution >= 0.6 is 27.3 Å². The van der Waals surface area contributed by atoms with Gasteiger partial charge in [0.1, 0.15) is 5.82 Å². The Labute approximate surface area is 125 Å². The van der Waals surface area contributed by atoms with Crippen LogP contribution in [0.25, 0.3) is 0 Å². The van der Waals surface area contributed by atoms with Gasteiger partial charge in [0.15, 0.2) is 0 Å². The summed E-state index contributed by atoms with van der Waals surface area (Å²) in [5.41, 5.74) is 7.73. The van der Waals surface area contributed by atoms with Gasteiger partial charge < -0.3 is 10.6 Å².